The van der Waals surface area contributed by atoms with Crippen LogP contribution >= 0.6 is 0 Å². The Bertz CT molecular complexity index is 132. The molecular formula is C10H24B2. The lowest BCUT2D eigenvalue weighted by Crippen LogP contribution is -2.33. The van der Waals surface area contributed by atoms with E-state index in [0.29, 0.717) is 10.7 Å². The molecular weight excluding hydrogens is 142 g/mol. The fraction of sp³-hybridized carbons (Fsp3) is 1.00. The zero-order valence-corrected chi connectivity index (χ0v) is 9.83. The Morgan fingerprint density at radius 2 is 1.67 bits per heavy atom. The largest absolute Gasteiger partial charge is 0.0903 e. The summed E-state index contributed by atoms with van der Waals surface area (Å²) in [5.74, 6) is 0. The molecule has 0 aromatic rings. The third-order valence-electron chi connectivity index (χ3n) is 4.10. The van der Waals surface area contributed by atoms with E-state index in [1.54, 1.807) is 0 Å². The van der Waals surface area contributed by atoms with Crippen LogP contribution < -0.4 is 0 Å². The Hall–Kier alpha value is 0.130. The summed E-state index contributed by atoms with van der Waals surface area (Å²) in [5.41, 5.74) is 0.498. The molecule has 0 rings (SSSR count). The van der Waals surface area contributed by atoms with Gasteiger partial charge in [-0.15, -0.1) is 0 Å². The molecule has 0 nitrogen and oxygen atoms in total. The summed E-state index contributed by atoms with van der Waals surface area (Å²) in [6, 6.07) is 0. The van der Waals surface area contributed by atoms with Crippen LogP contribution in [-0.4, -0.2) is 14.9 Å². The molecule has 12 heavy (non-hydrogen) atoms. The maximum atomic E-state index is 2.44. The molecule has 0 aromatic heterocycles. The molecule has 1 atom stereocenters. The van der Waals surface area contributed by atoms with Crippen molar-refractivity contribution < 1.29 is 0 Å². The van der Waals surface area contributed by atoms with Gasteiger partial charge in [0.1, 0.15) is 0 Å². The highest BCUT2D eigenvalue weighted by atomic mass is 14.4. The molecule has 1 unspecified atom stereocenters. The third kappa shape index (κ3) is 2.31. The molecule has 0 saturated carbocycles. The van der Waals surface area contributed by atoms with Crippen molar-refractivity contribution in [1.29, 1.82) is 0 Å². The maximum Gasteiger partial charge on any atom is 0.0903 e. The second-order valence-corrected chi connectivity index (χ2v) is 4.90. The minimum atomic E-state index is 0.498. The first-order valence-corrected chi connectivity index (χ1v) is 5.43. The fourth-order valence-electron chi connectivity index (χ4n) is 1.97. The smallest absolute Gasteiger partial charge is 0.0668 e. The summed E-state index contributed by atoms with van der Waals surface area (Å²) < 4.78 is 0. The molecule has 0 aliphatic heterocycles. The molecule has 2 heteroatoms. The van der Waals surface area contributed by atoms with Crippen LogP contribution in [0.5, 0.6) is 0 Å². The van der Waals surface area contributed by atoms with Crippen molar-refractivity contribution in [2.24, 2.45) is 5.41 Å². The van der Waals surface area contributed by atoms with E-state index in [-0.39, 0.29) is 0 Å². The summed E-state index contributed by atoms with van der Waals surface area (Å²) >= 11 is 0. The summed E-state index contributed by atoms with van der Waals surface area (Å²) in [7, 11) is 3.63. The first-order chi connectivity index (χ1) is 5.43. The predicted molar refractivity (Wildman–Crippen MR) is 63.0 cm³/mol. The first-order valence-electron chi connectivity index (χ1n) is 5.43. The van der Waals surface area contributed by atoms with E-state index in [1.807, 2.05) is 0 Å². The SMILES string of the molecule is BBC(C)(CCC)C(C)(C)CC. The first kappa shape index (κ1) is 12.1. The zero-order valence-electron chi connectivity index (χ0n) is 9.83. The molecule has 0 bridgehead atoms. The fourth-order valence-corrected chi connectivity index (χ4v) is 1.97. The standard InChI is InChI=1S/C10H24B2/c1-6-8-10(5,12-11)9(3,4)7-2/h12H,6-8,11H2,1-5H3. The van der Waals surface area contributed by atoms with Gasteiger partial charge in [0.15, 0.2) is 0 Å². The van der Waals surface area contributed by atoms with Crippen LogP contribution in [0.4, 0.5) is 0 Å². The molecule has 0 aliphatic carbocycles. The lowest BCUT2D eigenvalue weighted by Gasteiger charge is -2.44. The Morgan fingerprint density at radius 1 is 1.17 bits per heavy atom. The molecule has 70 valence electrons. The molecule has 0 aliphatic rings. The molecule has 0 heterocycles. The molecule has 0 spiro atoms. The van der Waals surface area contributed by atoms with Gasteiger partial charge in [0.25, 0.3) is 0 Å². The van der Waals surface area contributed by atoms with E-state index in [4.69, 9.17) is 0 Å². The number of rotatable bonds is 5. The average molecular weight is 166 g/mol. The predicted octanol–water partition coefficient (Wildman–Crippen LogP) is 2.39. The number of hydrogen-bond acceptors (Lipinski definition) is 0. The van der Waals surface area contributed by atoms with Crippen molar-refractivity contribution in [3.8, 4) is 0 Å². The van der Waals surface area contributed by atoms with Gasteiger partial charge in [0.05, 0.1) is 14.9 Å². The number of hydrogen-bond donors (Lipinski definition) is 0. The highest BCUT2D eigenvalue weighted by Gasteiger charge is 2.36. The van der Waals surface area contributed by atoms with Crippen LogP contribution in [0.15, 0.2) is 0 Å². The molecule has 0 radical (unpaired) electrons. The summed E-state index contributed by atoms with van der Waals surface area (Å²) in [6.07, 6.45) is 3.97. The van der Waals surface area contributed by atoms with Crippen LogP contribution in [0.3, 0.4) is 0 Å². The highest BCUT2D eigenvalue weighted by molar-refractivity contribution is 6.91. The van der Waals surface area contributed by atoms with Crippen molar-refractivity contribution in [2.75, 3.05) is 0 Å². The van der Waals surface area contributed by atoms with Crippen molar-refractivity contribution >= 4 is 14.9 Å². The summed E-state index contributed by atoms with van der Waals surface area (Å²) in [4.78, 5) is 0. The summed E-state index contributed by atoms with van der Waals surface area (Å²) in [6.45, 7) is 11.9. The Labute approximate surface area is 80.1 Å². The quantitative estimate of drug-likeness (QED) is 0.550. The highest BCUT2D eigenvalue weighted by Crippen LogP contribution is 2.49. The van der Waals surface area contributed by atoms with Crippen molar-refractivity contribution in [3.63, 3.8) is 0 Å². The van der Waals surface area contributed by atoms with E-state index in [1.165, 1.54) is 26.4 Å². The van der Waals surface area contributed by atoms with E-state index < -0.39 is 0 Å². The average Bonchev–Trinajstić information content (AvgIpc) is 2.04. The normalized spacial score (nSPS) is 17.1. The molecule has 0 fully saturated rings. The van der Waals surface area contributed by atoms with Gasteiger partial charge < -0.3 is 0 Å². The third-order valence-corrected chi connectivity index (χ3v) is 4.10. The van der Waals surface area contributed by atoms with Gasteiger partial charge in [-0.25, -0.2) is 0 Å². The van der Waals surface area contributed by atoms with Gasteiger partial charge in [-0.2, -0.15) is 0 Å². The second-order valence-electron chi connectivity index (χ2n) is 4.90. The van der Waals surface area contributed by atoms with E-state index in [2.05, 4.69) is 42.4 Å². The molecule has 0 aromatic carbocycles. The Kier molecular flexibility index (Phi) is 4.44. The second kappa shape index (κ2) is 4.39. The van der Waals surface area contributed by atoms with Gasteiger partial charge in [-0.3, -0.25) is 0 Å². The van der Waals surface area contributed by atoms with Gasteiger partial charge in [-0.1, -0.05) is 59.2 Å². The van der Waals surface area contributed by atoms with Crippen molar-refractivity contribution in [3.05, 3.63) is 0 Å². The van der Waals surface area contributed by atoms with Crippen molar-refractivity contribution in [1.82, 2.24) is 0 Å². The lowest BCUT2D eigenvalue weighted by atomic mass is 9.32. The van der Waals surface area contributed by atoms with Gasteiger partial charge in [-0.05, 0) is 5.41 Å². The summed E-state index contributed by atoms with van der Waals surface area (Å²) in [5, 5.41) is 0.538. The zero-order chi connectivity index (χ0) is 9.83. The van der Waals surface area contributed by atoms with Crippen LogP contribution in [0.2, 0.25) is 5.31 Å². The minimum absolute atomic E-state index is 0.498. The van der Waals surface area contributed by atoms with Crippen molar-refractivity contribution in [2.45, 2.75) is 59.2 Å². The molecule has 0 N–H and O–H groups in total. The molecule has 0 amide bonds. The van der Waals surface area contributed by atoms with E-state index in [0.717, 1.165) is 0 Å². The van der Waals surface area contributed by atoms with E-state index in [9.17, 15) is 0 Å². The van der Waals surface area contributed by atoms with Gasteiger partial charge in [0, 0.05) is 0 Å². The monoisotopic (exact) mass is 166 g/mol. The van der Waals surface area contributed by atoms with Gasteiger partial charge >= 0.3 is 0 Å². The Morgan fingerprint density at radius 3 is 1.92 bits per heavy atom. The minimum Gasteiger partial charge on any atom is -0.0668 e. The van der Waals surface area contributed by atoms with Crippen LogP contribution in [-0.2, 0) is 0 Å². The van der Waals surface area contributed by atoms with E-state index >= 15 is 0 Å². The van der Waals surface area contributed by atoms with Crippen LogP contribution in [0, 0.1) is 5.41 Å². The Balaban J connectivity index is 4.49. The molecule has 0 saturated heterocycles. The van der Waals surface area contributed by atoms with Gasteiger partial charge in [0.2, 0.25) is 0 Å². The lowest BCUT2D eigenvalue weighted by molar-refractivity contribution is 0.225. The maximum absolute atomic E-state index is 2.44. The van der Waals surface area contributed by atoms with Crippen LogP contribution in [0.25, 0.3) is 0 Å². The van der Waals surface area contributed by atoms with Crippen LogP contribution in [0.1, 0.15) is 53.9 Å². The topological polar surface area (TPSA) is 0 Å².